The zero-order chi connectivity index (χ0) is 11.5. The predicted octanol–water partition coefficient (Wildman–Crippen LogP) is 0.670. The molecule has 0 aliphatic heterocycles. The van der Waals surface area contributed by atoms with Gasteiger partial charge < -0.3 is 10.9 Å². The summed E-state index contributed by atoms with van der Waals surface area (Å²) in [5.41, 5.74) is 7.98. The zero-order valence-electron chi connectivity index (χ0n) is 8.70. The molecule has 0 amide bonds. The Hall–Kier alpha value is -2.37. The van der Waals surface area contributed by atoms with Gasteiger partial charge in [0.15, 0.2) is 5.84 Å². The summed E-state index contributed by atoms with van der Waals surface area (Å²) in [5, 5.41) is 15.7. The number of oxime groups is 1. The number of aryl methyl sites for hydroxylation is 1. The molecule has 2 rings (SSSR count). The molecule has 0 radical (unpaired) electrons. The van der Waals surface area contributed by atoms with Crippen molar-refractivity contribution in [3.63, 3.8) is 0 Å². The molecule has 0 saturated carbocycles. The second-order valence-electron chi connectivity index (χ2n) is 3.35. The van der Waals surface area contributed by atoms with E-state index in [9.17, 15) is 0 Å². The Bertz CT molecular complexity index is 518. The van der Waals surface area contributed by atoms with Crippen LogP contribution in [0.2, 0.25) is 0 Å². The largest absolute Gasteiger partial charge is 0.409 e. The topological polar surface area (TPSA) is 89.3 Å². The van der Waals surface area contributed by atoms with Crippen LogP contribution in [0, 0.1) is 6.92 Å². The molecule has 0 aliphatic rings. The maximum absolute atomic E-state index is 8.70. The highest BCUT2D eigenvalue weighted by molar-refractivity contribution is 6.00. The highest BCUT2D eigenvalue weighted by atomic mass is 16.4. The molecule has 0 fully saturated rings. The van der Waals surface area contributed by atoms with Gasteiger partial charge in [0.1, 0.15) is 12.7 Å². The molecule has 0 saturated heterocycles. The zero-order valence-corrected chi connectivity index (χ0v) is 8.70. The van der Waals surface area contributed by atoms with Crippen molar-refractivity contribution in [2.45, 2.75) is 6.92 Å². The number of rotatable bonds is 2. The maximum Gasteiger partial charge on any atom is 0.172 e. The van der Waals surface area contributed by atoms with Gasteiger partial charge in [-0.2, -0.15) is 5.10 Å². The molecule has 3 N–H and O–H groups in total. The monoisotopic (exact) mass is 217 g/mol. The predicted molar refractivity (Wildman–Crippen MR) is 58.6 cm³/mol. The Labute approximate surface area is 92.0 Å². The lowest BCUT2D eigenvalue weighted by Crippen LogP contribution is -2.16. The van der Waals surface area contributed by atoms with Crippen molar-refractivity contribution < 1.29 is 5.21 Å². The average Bonchev–Trinajstić information content (AvgIpc) is 2.81. The molecule has 1 aromatic carbocycles. The van der Waals surface area contributed by atoms with Crippen molar-refractivity contribution >= 4 is 5.84 Å². The van der Waals surface area contributed by atoms with Crippen LogP contribution in [0.1, 0.15) is 11.1 Å². The van der Waals surface area contributed by atoms with E-state index in [-0.39, 0.29) is 5.84 Å². The number of nitrogens with zero attached hydrogens (tertiary/aromatic N) is 4. The van der Waals surface area contributed by atoms with Gasteiger partial charge in [-0.1, -0.05) is 11.2 Å². The van der Waals surface area contributed by atoms with E-state index in [1.807, 2.05) is 19.1 Å². The summed E-state index contributed by atoms with van der Waals surface area (Å²) in [5.74, 6) is 0.0468. The van der Waals surface area contributed by atoms with Crippen LogP contribution in [-0.2, 0) is 0 Å². The summed E-state index contributed by atoms with van der Waals surface area (Å²) in [6.45, 7) is 1.95. The third kappa shape index (κ3) is 1.72. The van der Waals surface area contributed by atoms with E-state index in [0.29, 0.717) is 5.56 Å². The van der Waals surface area contributed by atoms with E-state index in [1.165, 1.54) is 6.33 Å². The van der Waals surface area contributed by atoms with Crippen LogP contribution in [-0.4, -0.2) is 25.8 Å². The van der Waals surface area contributed by atoms with Gasteiger partial charge in [-0.15, -0.1) is 0 Å². The molecule has 0 bridgehead atoms. The van der Waals surface area contributed by atoms with Crippen LogP contribution in [0.5, 0.6) is 0 Å². The molecule has 2 aromatic rings. The lowest BCUT2D eigenvalue weighted by molar-refractivity contribution is 0.318. The molecule has 0 aliphatic carbocycles. The first-order valence-corrected chi connectivity index (χ1v) is 4.66. The van der Waals surface area contributed by atoms with Crippen LogP contribution in [0.4, 0.5) is 0 Å². The van der Waals surface area contributed by atoms with E-state index in [4.69, 9.17) is 10.9 Å². The molecule has 6 nitrogen and oxygen atoms in total. The Morgan fingerprint density at radius 1 is 1.50 bits per heavy atom. The second kappa shape index (κ2) is 4.01. The lowest BCUT2D eigenvalue weighted by atomic mass is 10.1. The van der Waals surface area contributed by atoms with Crippen molar-refractivity contribution in [2.75, 3.05) is 0 Å². The number of nitrogens with two attached hydrogens (primary N) is 1. The molecule has 0 spiro atoms. The smallest absolute Gasteiger partial charge is 0.172 e. The van der Waals surface area contributed by atoms with E-state index >= 15 is 0 Å². The molecule has 16 heavy (non-hydrogen) atoms. The lowest BCUT2D eigenvalue weighted by Gasteiger charge is -2.08. The van der Waals surface area contributed by atoms with Gasteiger partial charge in [0.2, 0.25) is 0 Å². The first kappa shape index (κ1) is 10.2. The summed E-state index contributed by atoms with van der Waals surface area (Å²) in [6.07, 6.45) is 2.99. The molecule has 1 heterocycles. The molecular formula is C10H11N5O. The van der Waals surface area contributed by atoms with Crippen molar-refractivity contribution in [2.24, 2.45) is 10.9 Å². The first-order valence-electron chi connectivity index (χ1n) is 4.66. The number of amidine groups is 1. The van der Waals surface area contributed by atoms with E-state index in [1.54, 1.807) is 17.1 Å². The third-order valence-electron chi connectivity index (χ3n) is 2.20. The molecule has 0 unspecified atom stereocenters. The molecule has 0 atom stereocenters. The number of hydrogen-bond acceptors (Lipinski definition) is 4. The van der Waals surface area contributed by atoms with Crippen molar-refractivity contribution in [1.29, 1.82) is 0 Å². The standard InChI is InChI=1S/C10H11N5O/c1-7-2-3-8(10(11)14-16)9(4-7)15-6-12-5-13-15/h2-6,16H,1H3,(H2,11,14). The number of benzene rings is 1. The van der Waals surface area contributed by atoms with Crippen LogP contribution in [0.25, 0.3) is 5.69 Å². The van der Waals surface area contributed by atoms with Crippen LogP contribution in [0.15, 0.2) is 36.0 Å². The Balaban J connectivity index is 2.62. The SMILES string of the molecule is Cc1ccc(C(N)=NO)c(-n2cncn2)c1. The fourth-order valence-corrected chi connectivity index (χ4v) is 1.43. The van der Waals surface area contributed by atoms with Crippen molar-refractivity contribution in [1.82, 2.24) is 14.8 Å². The van der Waals surface area contributed by atoms with Gasteiger partial charge in [0, 0.05) is 5.56 Å². The first-order chi connectivity index (χ1) is 7.72. The summed E-state index contributed by atoms with van der Waals surface area (Å²) in [4.78, 5) is 3.86. The van der Waals surface area contributed by atoms with Crippen molar-refractivity contribution in [3.05, 3.63) is 42.0 Å². The summed E-state index contributed by atoms with van der Waals surface area (Å²) < 4.78 is 1.57. The van der Waals surface area contributed by atoms with E-state index in [2.05, 4.69) is 15.2 Å². The molecule has 82 valence electrons. The minimum atomic E-state index is 0.0468. The van der Waals surface area contributed by atoms with Crippen LogP contribution in [0.3, 0.4) is 0 Å². The Morgan fingerprint density at radius 3 is 2.94 bits per heavy atom. The van der Waals surface area contributed by atoms with Gasteiger partial charge in [0.25, 0.3) is 0 Å². The minimum Gasteiger partial charge on any atom is -0.409 e. The number of aromatic nitrogens is 3. The van der Waals surface area contributed by atoms with Gasteiger partial charge >= 0.3 is 0 Å². The van der Waals surface area contributed by atoms with Gasteiger partial charge in [-0.05, 0) is 24.6 Å². The average molecular weight is 217 g/mol. The quantitative estimate of drug-likeness (QED) is 0.335. The normalized spacial score (nSPS) is 11.7. The molecule has 6 heteroatoms. The summed E-state index contributed by atoms with van der Waals surface area (Å²) in [6, 6.07) is 5.55. The summed E-state index contributed by atoms with van der Waals surface area (Å²) in [7, 11) is 0. The van der Waals surface area contributed by atoms with Gasteiger partial charge in [-0.3, -0.25) is 0 Å². The van der Waals surface area contributed by atoms with Crippen LogP contribution >= 0.6 is 0 Å². The van der Waals surface area contributed by atoms with Gasteiger partial charge in [-0.25, -0.2) is 9.67 Å². The Kier molecular flexibility index (Phi) is 2.55. The van der Waals surface area contributed by atoms with Crippen LogP contribution < -0.4 is 5.73 Å². The fraction of sp³-hybridized carbons (Fsp3) is 0.100. The summed E-state index contributed by atoms with van der Waals surface area (Å²) >= 11 is 0. The maximum atomic E-state index is 8.70. The molecular weight excluding hydrogens is 206 g/mol. The molecule has 1 aromatic heterocycles. The third-order valence-corrected chi connectivity index (χ3v) is 2.20. The number of hydrogen-bond donors (Lipinski definition) is 2. The Morgan fingerprint density at radius 2 is 2.31 bits per heavy atom. The van der Waals surface area contributed by atoms with Crippen molar-refractivity contribution in [3.8, 4) is 5.69 Å². The minimum absolute atomic E-state index is 0.0468. The van der Waals surface area contributed by atoms with Gasteiger partial charge in [0.05, 0.1) is 5.69 Å². The highest BCUT2D eigenvalue weighted by Crippen LogP contribution is 2.15. The fourth-order valence-electron chi connectivity index (χ4n) is 1.43. The van der Waals surface area contributed by atoms with E-state index < -0.39 is 0 Å². The highest BCUT2D eigenvalue weighted by Gasteiger charge is 2.09. The second-order valence-corrected chi connectivity index (χ2v) is 3.35. The van der Waals surface area contributed by atoms with E-state index in [0.717, 1.165) is 11.3 Å².